The van der Waals surface area contributed by atoms with E-state index in [1.165, 1.54) is 24.3 Å². The summed E-state index contributed by atoms with van der Waals surface area (Å²) in [5, 5.41) is 18.6. The van der Waals surface area contributed by atoms with Crippen LogP contribution >= 0.6 is 0 Å². The van der Waals surface area contributed by atoms with Crippen LogP contribution in [0, 0.1) is 0 Å². The molecule has 20 heavy (non-hydrogen) atoms. The summed E-state index contributed by atoms with van der Waals surface area (Å²) in [6.07, 6.45) is 5.49. The molecule has 0 radical (unpaired) electrons. The van der Waals surface area contributed by atoms with Gasteiger partial charge in [-0.3, -0.25) is 0 Å². The van der Waals surface area contributed by atoms with Crippen LogP contribution in [-0.2, 0) is 0 Å². The third-order valence-corrected chi connectivity index (χ3v) is 2.51. The van der Waals surface area contributed by atoms with Gasteiger partial charge in [0.15, 0.2) is 17.2 Å². The number of fused-ring (bicyclic) bond motifs is 1. The first-order valence-corrected chi connectivity index (χ1v) is 5.69. The molecule has 0 amide bonds. The maximum Gasteiger partial charge on any atom is 0.220 e. The molecule has 0 bridgehead atoms. The largest absolute Gasteiger partial charge is 0.508 e. The number of phenols is 1. The minimum Gasteiger partial charge on any atom is -0.508 e. The quantitative estimate of drug-likeness (QED) is 0.649. The van der Waals surface area contributed by atoms with Crippen LogP contribution in [0.3, 0.4) is 0 Å². The second-order valence-corrected chi connectivity index (χ2v) is 3.96. The van der Waals surface area contributed by atoms with Crippen LogP contribution in [0.2, 0.25) is 0 Å². The van der Waals surface area contributed by atoms with Crippen molar-refractivity contribution in [3.8, 4) is 5.75 Å². The Morgan fingerprint density at radius 2 is 2.15 bits per heavy atom. The van der Waals surface area contributed by atoms with E-state index in [1.54, 1.807) is 6.08 Å². The number of aliphatic hydroxyl groups is 1. The van der Waals surface area contributed by atoms with Gasteiger partial charge < -0.3 is 14.6 Å². The van der Waals surface area contributed by atoms with Gasteiger partial charge in [-0.25, -0.2) is 9.37 Å². The van der Waals surface area contributed by atoms with Crippen molar-refractivity contribution in [3.63, 3.8) is 0 Å². The number of aromatic hydroxyl groups is 1. The van der Waals surface area contributed by atoms with Crippen LogP contribution in [0.1, 0.15) is 11.5 Å². The van der Waals surface area contributed by atoms with Gasteiger partial charge in [-0.2, -0.15) is 0 Å². The highest BCUT2D eigenvalue weighted by atomic mass is 19.1. The Kier molecular flexibility index (Phi) is 3.70. The number of benzene rings is 1. The fraction of sp³-hybridized carbons (Fsp3) is 0. The average molecular weight is 273 g/mol. The molecule has 0 saturated carbocycles. The minimum absolute atomic E-state index is 0.0579. The summed E-state index contributed by atoms with van der Waals surface area (Å²) in [5.74, 6) is -1.18. The van der Waals surface area contributed by atoms with Crippen LogP contribution in [0.4, 0.5) is 4.39 Å². The summed E-state index contributed by atoms with van der Waals surface area (Å²) in [6.45, 7) is 6.58. The number of aromatic nitrogens is 1. The molecular weight excluding hydrogens is 261 g/mol. The van der Waals surface area contributed by atoms with E-state index in [2.05, 4.69) is 18.1 Å². The van der Waals surface area contributed by atoms with Gasteiger partial charge in [-0.15, -0.1) is 0 Å². The molecule has 0 aliphatic rings. The monoisotopic (exact) mass is 273 g/mol. The van der Waals surface area contributed by atoms with Crippen LogP contribution in [-0.4, -0.2) is 15.2 Å². The van der Waals surface area contributed by atoms with E-state index in [0.717, 1.165) is 6.08 Å². The van der Waals surface area contributed by atoms with Crippen molar-refractivity contribution in [1.82, 2.24) is 4.98 Å². The SMILES string of the molecule is C=Cc1cc(O)cc2nc(/C=C/C=C(/O)C(=C)F)oc12. The van der Waals surface area contributed by atoms with Crippen molar-refractivity contribution < 1.29 is 19.0 Å². The summed E-state index contributed by atoms with van der Waals surface area (Å²) in [7, 11) is 0. The van der Waals surface area contributed by atoms with E-state index in [-0.39, 0.29) is 11.6 Å². The lowest BCUT2D eigenvalue weighted by Gasteiger charge is -1.95. The molecule has 0 spiro atoms. The fourth-order valence-electron chi connectivity index (χ4n) is 1.60. The normalized spacial score (nSPS) is 12.2. The highest BCUT2D eigenvalue weighted by Crippen LogP contribution is 2.26. The number of phenolic OH excluding ortho intramolecular Hbond substituents is 1. The molecule has 1 aromatic carbocycles. The molecule has 4 nitrogen and oxygen atoms in total. The number of halogens is 1. The molecule has 2 N–H and O–H groups in total. The summed E-state index contributed by atoms with van der Waals surface area (Å²) < 4.78 is 18.0. The van der Waals surface area contributed by atoms with Gasteiger partial charge >= 0.3 is 0 Å². The van der Waals surface area contributed by atoms with Crippen molar-refractivity contribution in [3.05, 3.63) is 60.5 Å². The fourth-order valence-corrected chi connectivity index (χ4v) is 1.60. The molecular formula is C15H12FNO3. The zero-order valence-electron chi connectivity index (χ0n) is 10.5. The maximum atomic E-state index is 12.5. The van der Waals surface area contributed by atoms with Gasteiger partial charge in [-0.05, 0) is 12.1 Å². The number of hydrogen-bond donors (Lipinski definition) is 2. The first-order chi connectivity index (χ1) is 9.51. The van der Waals surface area contributed by atoms with E-state index in [1.807, 2.05) is 0 Å². The number of hydrogen-bond acceptors (Lipinski definition) is 4. The molecule has 0 aliphatic carbocycles. The molecule has 102 valence electrons. The third-order valence-electron chi connectivity index (χ3n) is 2.51. The Hall–Kier alpha value is -2.82. The Morgan fingerprint density at radius 3 is 2.80 bits per heavy atom. The maximum absolute atomic E-state index is 12.5. The molecule has 1 heterocycles. The van der Waals surface area contributed by atoms with Crippen LogP contribution < -0.4 is 0 Å². The molecule has 0 unspecified atom stereocenters. The van der Waals surface area contributed by atoms with E-state index in [0.29, 0.717) is 16.7 Å². The Labute approximate surface area is 114 Å². The van der Waals surface area contributed by atoms with E-state index in [9.17, 15) is 9.50 Å². The molecule has 1 aromatic heterocycles. The second kappa shape index (κ2) is 5.44. The topological polar surface area (TPSA) is 66.5 Å². The van der Waals surface area contributed by atoms with Gasteiger partial charge in [0.05, 0.1) is 0 Å². The summed E-state index contributed by atoms with van der Waals surface area (Å²) >= 11 is 0. The standard InChI is InChI=1S/C15H12FNO3/c1-3-10-7-11(18)8-12-15(10)20-14(17-12)6-4-5-13(19)9(2)16/h3-8,18-19H,1-2H2/b6-4+,13-5+. The predicted molar refractivity (Wildman–Crippen MR) is 75.8 cm³/mol. The van der Waals surface area contributed by atoms with Crippen molar-refractivity contribution in [2.75, 3.05) is 0 Å². The van der Waals surface area contributed by atoms with E-state index >= 15 is 0 Å². The summed E-state index contributed by atoms with van der Waals surface area (Å²) in [5.41, 5.74) is 1.57. The lowest BCUT2D eigenvalue weighted by Crippen LogP contribution is -1.77. The lowest BCUT2D eigenvalue weighted by atomic mass is 10.2. The molecule has 2 aromatic rings. The zero-order chi connectivity index (χ0) is 14.7. The number of oxazole rings is 1. The highest BCUT2D eigenvalue weighted by molar-refractivity contribution is 5.85. The van der Waals surface area contributed by atoms with Crippen LogP contribution in [0.15, 0.2) is 53.4 Å². The van der Waals surface area contributed by atoms with Crippen molar-refractivity contribution in [2.45, 2.75) is 0 Å². The number of rotatable bonds is 4. The van der Waals surface area contributed by atoms with Gasteiger partial charge in [0.25, 0.3) is 0 Å². The number of nitrogens with zero attached hydrogens (tertiary/aromatic N) is 1. The third kappa shape index (κ3) is 2.77. The molecule has 0 saturated heterocycles. The van der Waals surface area contributed by atoms with Gasteiger partial charge in [0.2, 0.25) is 5.89 Å². The molecule has 5 heteroatoms. The summed E-state index contributed by atoms with van der Waals surface area (Å²) in [6, 6.07) is 2.97. The summed E-state index contributed by atoms with van der Waals surface area (Å²) in [4.78, 5) is 4.14. The molecule has 0 aliphatic heterocycles. The highest BCUT2D eigenvalue weighted by Gasteiger charge is 2.08. The Balaban J connectivity index is 2.38. The van der Waals surface area contributed by atoms with Crippen LogP contribution in [0.25, 0.3) is 23.3 Å². The van der Waals surface area contributed by atoms with Crippen molar-refractivity contribution in [1.29, 1.82) is 0 Å². The first-order valence-electron chi connectivity index (χ1n) is 5.69. The van der Waals surface area contributed by atoms with Crippen molar-refractivity contribution >= 4 is 23.3 Å². The van der Waals surface area contributed by atoms with Gasteiger partial charge in [0.1, 0.15) is 11.3 Å². The Morgan fingerprint density at radius 1 is 1.40 bits per heavy atom. The van der Waals surface area contributed by atoms with Gasteiger partial charge in [0, 0.05) is 17.7 Å². The van der Waals surface area contributed by atoms with E-state index < -0.39 is 11.6 Å². The van der Waals surface area contributed by atoms with Crippen molar-refractivity contribution in [2.24, 2.45) is 0 Å². The van der Waals surface area contributed by atoms with Crippen LogP contribution in [0.5, 0.6) is 5.75 Å². The first kappa shape index (κ1) is 13.6. The number of allylic oxidation sites excluding steroid dienone is 3. The Bertz CT molecular complexity index is 741. The minimum atomic E-state index is -0.925. The zero-order valence-corrected chi connectivity index (χ0v) is 10.5. The molecule has 0 atom stereocenters. The molecule has 0 fully saturated rings. The lowest BCUT2D eigenvalue weighted by molar-refractivity contribution is 0.390. The van der Waals surface area contributed by atoms with Gasteiger partial charge in [-0.1, -0.05) is 25.3 Å². The smallest absolute Gasteiger partial charge is 0.220 e. The predicted octanol–water partition coefficient (Wildman–Crippen LogP) is 4.11. The van der Waals surface area contributed by atoms with E-state index in [4.69, 9.17) is 9.52 Å². The second-order valence-electron chi connectivity index (χ2n) is 3.96. The average Bonchev–Trinajstić information content (AvgIpc) is 2.79. The molecule has 2 rings (SSSR count). The number of aliphatic hydroxyl groups excluding tert-OH is 1.